The summed E-state index contributed by atoms with van der Waals surface area (Å²) < 4.78 is 5.31. The number of aliphatic imine (C=N–C) groups is 1. The highest BCUT2D eigenvalue weighted by molar-refractivity contribution is 5.83. The molecule has 1 fully saturated rings. The molecule has 18 heavy (non-hydrogen) atoms. The maximum atomic E-state index is 5.31. The lowest BCUT2D eigenvalue weighted by Gasteiger charge is -2.32. The molecule has 1 saturated heterocycles. The fourth-order valence-electron chi connectivity index (χ4n) is 2.79. The lowest BCUT2D eigenvalue weighted by Crippen LogP contribution is -2.37. The fraction of sp³-hybridized carbons (Fsp3) is 0.500. The Hall–Kier alpha value is -1.71. The van der Waals surface area contributed by atoms with E-state index >= 15 is 0 Å². The summed E-state index contributed by atoms with van der Waals surface area (Å²) >= 11 is 0. The molecule has 0 aromatic heterocycles. The van der Waals surface area contributed by atoms with Gasteiger partial charge in [-0.25, -0.2) is 0 Å². The average Bonchev–Trinajstić information content (AvgIpc) is 2.78. The van der Waals surface area contributed by atoms with Crippen molar-refractivity contribution in [2.45, 2.75) is 25.4 Å². The Bertz CT molecular complexity index is 472. The minimum absolute atomic E-state index is 0.421. The van der Waals surface area contributed by atoms with Gasteiger partial charge in [0.15, 0.2) is 5.96 Å². The smallest absolute Gasteiger partial charge is 0.194 e. The van der Waals surface area contributed by atoms with E-state index in [4.69, 9.17) is 4.74 Å². The fourth-order valence-corrected chi connectivity index (χ4v) is 2.79. The number of hydrogen-bond donors (Lipinski definition) is 1. The summed E-state index contributed by atoms with van der Waals surface area (Å²) in [6.07, 6.45) is 1.07. The highest BCUT2D eigenvalue weighted by atomic mass is 16.5. The van der Waals surface area contributed by atoms with Crippen molar-refractivity contribution in [3.63, 3.8) is 0 Å². The van der Waals surface area contributed by atoms with Gasteiger partial charge in [0.2, 0.25) is 0 Å². The monoisotopic (exact) mass is 245 g/mol. The SMILES string of the molecule is COc1cccc(C2CCN=C3NC(C)CN32)c1. The van der Waals surface area contributed by atoms with E-state index in [9.17, 15) is 0 Å². The van der Waals surface area contributed by atoms with Gasteiger partial charge in [-0.15, -0.1) is 0 Å². The number of benzene rings is 1. The first-order valence-electron chi connectivity index (χ1n) is 6.49. The first-order chi connectivity index (χ1) is 8.78. The number of fused-ring (bicyclic) bond motifs is 1. The number of methoxy groups -OCH3 is 1. The van der Waals surface area contributed by atoms with Crippen LogP contribution in [0.5, 0.6) is 5.75 Å². The van der Waals surface area contributed by atoms with E-state index in [0.717, 1.165) is 31.2 Å². The summed E-state index contributed by atoms with van der Waals surface area (Å²) in [4.78, 5) is 6.94. The minimum Gasteiger partial charge on any atom is -0.497 e. The summed E-state index contributed by atoms with van der Waals surface area (Å²) in [5.41, 5.74) is 1.32. The summed E-state index contributed by atoms with van der Waals surface area (Å²) in [6.45, 7) is 4.12. The molecule has 4 nitrogen and oxygen atoms in total. The van der Waals surface area contributed by atoms with Gasteiger partial charge < -0.3 is 15.0 Å². The van der Waals surface area contributed by atoms with Crippen molar-refractivity contribution in [3.8, 4) is 5.75 Å². The van der Waals surface area contributed by atoms with Gasteiger partial charge in [0.25, 0.3) is 0 Å². The molecule has 3 rings (SSSR count). The molecule has 1 aromatic carbocycles. The van der Waals surface area contributed by atoms with Crippen molar-refractivity contribution in [1.29, 1.82) is 0 Å². The van der Waals surface area contributed by atoms with Crippen LogP contribution in [0.4, 0.5) is 0 Å². The molecule has 96 valence electrons. The van der Waals surface area contributed by atoms with Crippen LogP contribution in [-0.4, -0.2) is 37.1 Å². The summed E-state index contributed by atoms with van der Waals surface area (Å²) in [5, 5.41) is 3.43. The van der Waals surface area contributed by atoms with Crippen LogP contribution in [-0.2, 0) is 0 Å². The second-order valence-electron chi connectivity index (χ2n) is 4.98. The Morgan fingerprint density at radius 1 is 1.44 bits per heavy atom. The number of ether oxygens (including phenoxy) is 1. The number of rotatable bonds is 2. The van der Waals surface area contributed by atoms with E-state index < -0.39 is 0 Å². The third-order valence-corrected chi connectivity index (χ3v) is 3.64. The maximum absolute atomic E-state index is 5.31. The molecular weight excluding hydrogens is 226 g/mol. The molecular formula is C14H19N3O. The van der Waals surface area contributed by atoms with E-state index in [0.29, 0.717) is 12.1 Å². The van der Waals surface area contributed by atoms with Gasteiger partial charge in [-0.1, -0.05) is 12.1 Å². The Morgan fingerprint density at radius 2 is 2.33 bits per heavy atom. The molecule has 0 spiro atoms. The van der Waals surface area contributed by atoms with Crippen LogP contribution in [0.15, 0.2) is 29.3 Å². The van der Waals surface area contributed by atoms with E-state index in [-0.39, 0.29) is 0 Å². The van der Waals surface area contributed by atoms with Crippen LogP contribution in [0, 0.1) is 0 Å². The first kappa shape index (κ1) is 11.4. The topological polar surface area (TPSA) is 36.9 Å². The highest BCUT2D eigenvalue weighted by Crippen LogP contribution is 2.31. The number of nitrogens with one attached hydrogen (secondary N) is 1. The average molecular weight is 245 g/mol. The van der Waals surface area contributed by atoms with Gasteiger partial charge in [-0.2, -0.15) is 0 Å². The van der Waals surface area contributed by atoms with Gasteiger partial charge in [-0.3, -0.25) is 4.99 Å². The van der Waals surface area contributed by atoms with Crippen molar-refractivity contribution in [2.24, 2.45) is 4.99 Å². The van der Waals surface area contributed by atoms with Crippen molar-refractivity contribution in [2.75, 3.05) is 20.2 Å². The third-order valence-electron chi connectivity index (χ3n) is 3.64. The Labute approximate surface area is 108 Å². The molecule has 2 heterocycles. The zero-order valence-electron chi connectivity index (χ0n) is 10.9. The standard InChI is InChI=1S/C14H19N3O/c1-10-9-17-13(6-7-15-14(17)16-10)11-4-3-5-12(8-11)18-2/h3-5,8,10,13H,6-7,9H2,1-2H3,(H,15,16). The molecule has 0 amide bonds. The van der Waals surface area contributed by atoms with Crippen LogP contribution in [0.25, 0.3) is 0 Å². The van der Waals surface area contributed by atoms with Gasteiger partial charge in [-0.05, 0) is 31.0 Å². The second-order valence-corrected chi connectivity index (χ2v) is 4.98. The van der Waals surface area contributed by atoms with Gasteiger partial charge in [0.1, 0.15) is 5.75 Å². The molecule has 0 bridgehead atoms. The molecule has 2 aliphatic rings. The minimum atomic E-state index is 0.421. The van der Waals surface area contributed by atoms with Crippen molar-refractivity contribution in [3.05, 3.63) is 29.8 Å². The molecule has 1 N–H and O–H groups in total. The van der Waals surface area contributed by atoms with Crippen LogP contribution in [0.1, 0.15) is 24.9 Å². The number of nitrogens with zero attached hydrogens (tertiary/aromatic N) is 2. The molecule has 0 radical (unpaired) electrons. The van der Waals surface area contributed by atoms with E-state index in [1.807, 2.05) is 6.07 Å². The molecule has 0 aliphatic carbocycles. The van der Waals surface area contributed by atoms with E-state index in [2.05, 4.69) is 40.3 Å². The molecule has 2 atom stereocenters. The quantitative estimate of drug-likeness (QED) is 0.863. The third kappa shape index (κ3) is 1.92. The normalized spacial score (nSPS) is 26.3. The Kier molecular flexibility index (Phi) is 2.86. The largest absolute Gasteiger partial charge is 0.497 e. The number of hydrogen-bond acceptors (Lipinski definition) is 4. The maximum Gasteiger partial charge on any atom is 0.194 e. The summed E-state index contributed by atoms with van der Waals surface area (Å²) in [5.74, 6) is 1.98. The molecule has 2 aliphatic heterocycles. The number of guanidine groups is 1. The predicted octanol–water partition coefficient (Wildman–Crippen LogP) is 1.79. The lowest BCUT2D eigenvalue weighted by atomic mass is 10.0. The van der Waals surface area contributed by atoms with Gasteiger partial charge in [0, 0.05) is 19.1 Å². The van der Waals surface area contributed by atoms with E-state index in [1.54, 1.807) is 7.11 Å². The second kappa shape index (κ2) is 4.52. The summed E-state index contributed by atoms with van der Waals surface area (Å²) in [7, 11) is 1.71. The summed E-state index contributed by atoms with van der Waals surface area (Å²) in [6, 6.07) is 9.27. The van der Waals surface area contributed by atoms with Crippen LogP contribution in [0.3, 0.4) is 0 Å². The van der Waals surface area contributed by atoms with Crippen LogP contribution >= 0.6 is 0 Å². The van der Waals surface area contributed by atoms with Crippen molar-refractivity contribution >= 4 is 5.96 Å². The molecule has 2 unspecified atom stereocenters. The first-order valence-corrected chi connectivity index (χ1v) is 6.49. The zero-order chi connectivity index (χ0) is 12.5. The van der Waals surface area contributed by atoms with Crippen LogP contribution in [0.2, 0.25) is 0 Å². The Balaban J connectivity index is 1.89. The van der Waals surface area contributed by atoms with E-state index in [1.165, 1.54) is 5.56 Å². The van der Waals surface area contributed by atoms with Gasteiger partial charge >= 0.3 is 0 Å². The molecule has 1 aromatic rings. The van der Waals surface area contributed by atoms with Gasteiger partial charge in [0.05, 0.1) is 13.2 Å². The lowest BCUT2D eigenvalue weighted by molar-refractivity contribution is 0.304. The van der Waals surface area contributed by atoms with Crippen molar-refractivity contribution < 1.29 is 4.74 Å². The molecule has 4 heteroatoms. The highest BCUT2D eigenvalue weighted by Gasteiger charge is 2.33. The Morgan fingerprint density at radius 3 is 3.17 bits per heavy atom. The zero-order valence-corrected chi connectivity index (χ0v) is 10.9. The molecule has 0 saturated carbocycles. The van der Waals surface area contributed by atoms with Crippen molar-refractivity contribution in [1.82, 2.24) is 10.2 Å². The predicted molar refractivity (Wildman–Crippen MR) is 72.0 cm³/mol. The van der Waals surface area contributed by atoms with Crippen LogP contribution < -0.4 is 10.1 Å².